The molecule has 0 aromatic heterocycles. The molecule has 0 aliphatic heterocycles. The minimum absolute atomic E-state index is 0.0788. The van der Waals surface area contributed by atoms with Crippen molar-refractivity contribution in [1.29, 1.82) is 0 Å². The lowest BCUT2D eigenvalue weighted by atomic mass is 10.1. The quantitative estimate of drug-likeness (QED) is 0.831. The average molecular weight is 223 g/mol. The molecule has 1 unspecified atom stereocenters. The van der Waals surface area contributed by atoms with Crippen molar-refractivity contribution >= 4 is 11.6 Å². The molecule has 0 radical (unpaired) electrons. The lowest BCUT2D eigenvalue weighted by Crippen LogP contribution is -2.20. The number of rotatable bonds is 4. The molecular formula is C13H18FNO. The monoisotopic (exact) mass is 223 g/mol. The molecule has 0 spiro atoms. The number of hydrogen-bond acceptors (Lipinski definition) is 1. The summed E-state index contributed by atoms with van der Waals surface area (Å²) in [5.74, 6) is -0.584. The largest absolute Gasteiger partial charge is 0.323 e. The van der Waals surface area contributed by atoms with Crippen LogP contribution < -0.4 is 5.32 Å². The zero-order valence-corrected chi connectivity index (χ0v) is 10.0. The van der Waals surface area contributed by atoms with E-state index in [0.29, 0.717) is 0 Å². The van der Waals surface area contributed by atoms with Crippen molar-refractivity contribution in [3.8, 4) is 0 Å². The zero-order chi connectivity index (χ0) is 12.1. The second-order valence-electron chi connectivity index (χ2n) is 4.16. The van der Waals surface area contributed by atoms with Gasteiger partial charge in [-0.3, -0.25) is 4.79 Å². The molecule has 16 heavy (non-hydrogen) atoms. The van der Waals surface area contributed by atoms with Gasteiger partial charge in [0.2, 0.25) is 5.91 Å². The van der Waals surface area contributed by atoms with Crippen molar-refractivity contribution in [2.45, 2.75) is 33.6 Å². The molecule has 1 amide bonds. The van der Waals surface area contributed by atoms with E-state index >= 15 is 0 Å². The summed E-state index contributed by atoms with van der Waals surface area (Å²) in [6, 6.07) is 4.70. The number of benzene rings is 1. The fourth-order valence-electron chi connectivity index (χ4n) is 1.55. The number of aryl methyl sites for hydroxylation is 1. The molecule has 2 nitrogen and oxygen atoms in total. The molecule has 1 rings (SSSR count). The molecular weight excluding hydrogens is 205 g/mol. The van der Waals surface area contributed by atoms with Crippen molar-refractivity contribution in [3.05, 3.63) is 29.6 Å². The Morgan fingerprint density at radius 3 is 2.81 bits per heavy atom. The zero-order valence-electron chi connectivity index (χ0n) is 10.0. The molecule has 0 aliphatic rings. The van der Waals surface area contributed by atoms with E-state index in [1.54, 1.807) is 12.1 Å². The number of carbonyl (C=O) groups is 1. The first-order valence-corrected chi connectivity index (χ1v) is 5.61. The minimum atomic E-state index is -0.386. The average Bonchev–Trinajstić information content (AvgIpc) is 2.23. The van der Waals surface area contributed by atoms with Crippen molar-refractivity contribution < 1.29 is 9.18 Å². The van der Waals surface area contributed by atoms with E-state index in [9.17, 15) is 9.18 Å². The summed E-state index contributed by atoms with van der Waals surface area (Å²) < 4.78 is 13.4. The highest BCUT2D eigenvalue weighted by Gasteiger charge is 2.13. The maximum absolute atomic E-state index is 13.4. The van der Waals surface area contributed by atoms with Crippen molar-refractivity contribution in [2.24, 2.45) is 5.92 Å². The summed E-state index contributed by atoms with van der Waals surface area (Å²) in [6.45, 7) is 5.74. The standard InChI is InChI=1S/C13H18FNO/c1-4-5-10(3)13(16)15-12-8-9(2)6-7-11(12)14/h6-8,10H,4-5H2,1-3H3,(H,15,16). The number of anilines is 1. The number of carbonyl (C=O) groups excluding carboxylic acids is 1. The van der Waals surface area contributed by atoms with E-state index in [2.05, 4.69) is 5.32 Å². The molecule has 0 bridgehead atoms. The van der Waals surface area contributed by atoms with Gasteiger partial charge < -0.3 is 5.32 Å². The minimum Gasteiger partial charge on any atom is -0.323 e. The first-order chi connectivity index (χ1) is 7.54. The molecule has 0 heterocycles. The van der Waals surface area contributed by atoms with E-state index in [1.807, 2.05) is 20.8 Å². The molecule has 1 N–H and O–H groups in total. The van der Waals surface area contributed by atoms with Crippen molar-refractivity contribution in [2.75, 3.05) is 5.32 Å². The highest BCUT2D eigenvalue weighted by atomic mass is 19.1. The Hall–Kier alpha value is -1.38. The van der Waals surface area contributed by atoms with Crippen LogP contribution in [0.5, 0.6) is 0 Å². The van der Waals surface area contributed by atoms with Gasteiger partial charge in [0, 0.05) is 5.92 Å². The maximum Gasteiger partial charge on any atom is 0.227 e. The van der Waals surface area contributed by atoms with Gasteiger partial charge in [-0.2, -0.15) is 0 Å². The molecule has 1 atom stereocenters. The van der Waals surface area contributed by atoms with Gasteiger partial charge in [0.05, 0.1) is 5.69 Å². The van der Waals surface area contributed by atoms with Crippen LogP contribution in [0.25, 0.3) is 0 Å². The third kappa shape index (κ3) is 3.33. The van der Waals surface area contributed by atoms with Gasteiger partial charge in [0.15, 0.2) is 0 Å². The summed E-state index contributed by atoms with van der Waals surface area (Å²) in [5, 5.41) is 2.62. The lowest BCUT2D eigenvalue weighted by Gasteiger charge is -2.12. The van der Waals surface area contributed by atoms with Gasteiger partial charge in [-0.25, -0.2) is 4.39 Å². The third-order valence-electron chi connectivity index (χ3n) is 2.55. The Morgan fingerprint density at radius 2 is 2.19 bits per heavy atom. The van der Waals surface area contributed by atoms with Crippen LogP contribution in [0.1, 0.15) is 32.3 Å². The summed E-state index contributed by atoms with van der Waals surface area (Å²) in [5.41, 5.74) is 1.20. The molecule has 88 valence electrons. The van der Waals surface area contributed by atoms with Crippen molar-refractivity contribution in [3.63, 3.8) is 0 Å². The normalized spacial score (nSPS) is 12.2. The van der Waals surface area contributed by atoms with Gasteiger partial charge in [0.1, 0.15) is 5.82 Å². The number of nitrogens with one attached hydrogen (secondary N) is 1. The van der Waals surface area contributed by atoms with E-state index < -0.39 is 0 Å². The third-order valence-corrected chi connectivity index (χ3v) is 2.55. The molecule has 0 aliphatic carbocycles. The Kier molecular flexibility index (Phi) is 4.47. The van der Waals surface area contributed by atoms with Gasteiger partial charge in [-0.05, 0) is 31.0 Å². The molecule has 1 aromatic rings. The van der Waals surface area contributed by atoms with Crippen LogP contribution in [-0.2, 0) is 4.79 Å². The van der Waals surface area contributed by atoms with Crippen LogP contribution in [0.2, 0.25) is 0 Å². The molecule has 3 heteroatoms. The van der Waals surface area contributed by atoms with E-state index in [1.165, 1.54) is 6.07 Å². The summed E-state index contributed by atoms with van der Waals surface area (Å²) >= 11 is 0. The number of hydrogen-bond donors (Lipinski definition) is 1. The predicted molar refractivity (Wildman–Crippen MR) is 63.8 cm³/mol. The lowest BCUT2D eigenvalue weighted by molar-refractivity contribution is -0.119. The fraction of sp³-hybridized carbons (Fsp3) is 0.462. The Labute approximate surface area is 95.9 Å². The Bertz CT molecular complexity index is 376. The van der Waals surface area contributed by atoms with Gasteiger partial charge in [-0.15, -0.1) is 0 Å². The number of amides is 1. The molecule has 1 aromatic carbocycles. The van der Waals surface area contributed by atoms with Gasteiger partial charge >= 0.3 is 0 Å². The van der Waals surface area contributed by atoms with Crippen LogP contribution >= 0.6 is 0 Å². The van der Waals surface area contributed by atoms with E-state index in [0.717, 1.165) is 18.4 Å². The first-order valence-electron chi connectivity index (χ1n) is 5.61. The van der Waals surface area contributed by atoms with Crippen molar-refractivity contribution in [1.82, 2.24) is 0 Å². The summed E-state index contributed by atoms with van der Waals surface area (Å²) in [4.78, 5) is 11.7. The highest BCUT2D eigenvalue weighted by Crippen LogP contribution is 2.17. The van der Waals surface area contributed by atoms with Gasteiger partial charge in [0.25, 0.3) is 0 Å². The number of halogens is 1. The topological polar surface area (TPSA) is 29.1 Å². The Balaban J connectivity index is 2.72. The molecule has 0 saturated carbocycles. The molecule has 0 fully saturated rings. The van der Waals surface area contributed by atoms with Crippen LogP contribution in [0.3, 0.4) is 0 Å². The highest BCUT2D eigenvalue weighted by molar-refractivity contribution is 5.92. The maximum atomic E-state index is 13.4. The smallest absolute Gasteiger partial charge is 0.227 e. The van der Waals surface area contributed by atoms with Crippen LogP contribution in [-0.4, -0.2) is 5.91 Å². The first kappa shape index (κ1) is 12.7. The van der Waals surface area contributed by atoms with Gasteiger partial charge in [-0.1, -0.05) is 26.3 Å². The van der Waals surface area contributed by atoms with E-state index in [-0.39, 0.29) is 23.3 Å². The van der Waals surface area contributed by atoms with E-state index in [4.69, 9.17) is 0 Å². The fourth-order valence-corrected chi connectivity index (χ4v) is 1.55. The van der Waals surface area contributed by atoms with Crippen LogP contribution in [0, 0.1) is 18.7 Å². The SMILES string of the molecule is CCCC(C)C(=O)Nc1cc(C)ccc1F. The van der Waals surface area contributed by atoms with Crippen LogP contribution in [0.15, 0.2) is 18.2 Å². The molecule has 0 saturated heterocycles. The summed E-state index contributed by atoms with van der Waals surface area (Å²) in [6.07, 6.45) is 1.77. The second-order valence-corrected chi connectivity index (χ2v) is 4.16. The summed E-state index contributed by atoms with van der Waals surface area (Å²) in [7, 11) is 0. The Morgan fingerprint density at radius 1 is 1.50 bits per heavy atom. The second kappa shape index (κ2) is 5.64. The predicted octanol–water partition coefficient (Wildman–Crippen LogP) is 3.51. The van der Waals surface area contributed by atoms with Crippen LogP contribution in [0.4, 0.5) is 10.1 Å².